The molecule has 0 N–H and O–H groups in total. The summed E-state index contributed by atoms with van der Waals surface area (Å²) in [4.78, 5) is 12.5. The quantitative estimate of drug-likeness (QED) is 0.518. The lowest BCUT2D eigenvalue weighted by atomic mass is 10.2. The number of ether oxygens (including phenoxy) is 1. The van der Waals surface area contributed by atoms with Gasteiger partial charge in [-0.05, 0) is 24.6 Å². The van der Waals surface area contributed by atoms with E-state index in [9.17, 15) is 4.79 Å². The minimum Gasteiger partial charge on any atom is -0.457 e. The first-order valence-electron chi connectivity index (χ1n) is 7.83. The maximum absolute atomic E-state index is 12.5. The number of benzene rings is 2. The molecule has 0 saturated carbocycles. The molecule has 3 aromatic rings. The number of halogens is 3. The Morgan fingerprint density at radius 1 is 1.12 bits per heavy atom. The summed E-state index contributed by atoms with van der Waals surface area (Å²) in [5.41, 5.74) is 2.46. The fourth-order valence-corrected chi connectivity index (χ4v) is 3.28. The predicted molar refractivity (Wildman–Crippen MR) is 103 cm³/mol. The summed E-state index contributed by atoms with van der Waals surface area (Å²) in [6.07, 6.45) is 0. The van der Waals surface area contributed by atoms with Crippen LogP contribution in [-0.4, -0.2) is 15.7 Å². The minimum absolute atomic E-state index is 0.0223. The summed E-state index contributed by atoms with van der Waals surface area (Å²) in [6, 6.07) is 14.7. The van der Waals surface area contributed by atoms with E-state index in [1.165, 1.54) is 0 Å². The highest BCUT2D eigenvalue weighted by molar-refractivity contribution is 6.35. The Hall–Kier alpha value is -2.01. The van der Waals surface area contributed by atoms with Crippen molar-refractivity contribution in [3.8, 4) is 0 Å². The zero-order chi connectivity index (χ0) is 18.7. The van der Waals surface area contributed by atoms with Crippen LogP contribution in [0.2, 0.25) is 15.2 Å². The van der Waals surface area contributed by atoms with E-state index >= 15 is 0 Å². The second kappa shape index (κ2) is 8.12. The summed E-state index contributed by atoms with van der Waals surface area (Å²) >= 11 is 18.3. The van der Waals surface area contributed by atoms with Gasteiger partial charge in [0.25, 0.3) is 0 Å². The number of aryl methyl sites for hydroxylation is 1. The van der Waals surface area contributed by atoms with Gasteiger partial charge in [-0.25, -0.2) is 9.48 Å². The number of rotatable bonds is 5. The molecule has 0 radical (unpaired) electrons. The second-order valence-electron chi connectivity index (χ2n) is 5.71. The molecule has 0 bridgehead atoms. The Kier molecular flexibility index (Phi) is 5.87. The van der Waals surface area contributed by atoms with Gasteiger partial charge in [-0.2, -0.15) is 5.10 Å². The molecule has 0 fully saturated rings. The number of esters is 1. The fraction of sp³-hybridized carbons (Fsp3) is 0.158. The van der Waals surface area contributed by atoms with E-state index < -0.39 is 5.97 Å². The fourth-order valence-electron chi connectivity index (χ4n) is 2.50. The molecular formula is C19H15Cl3N2O2. The number of nitrogens with zero attached hydrogens (tertiary/aromatic N) is 2. The van der Waals surface area contributed by atoms with Crippen LogP contribution in [0.25, 0.3) is 0 Å². The molecule has 7 heteroatoms. The number of hydrogen-bond donors (Lipinski definition) is 0. The third-order valence-corrected chi connectivity index (χ3v) is 4.79. The second-order valence-corrected chi connectivity index (χ2v) is 6.91. The van der Waals surface area contributed by atoms with E-state index in [-0.39, 0.29) is 17.3 Å². The van der Waals surface area contributed by atoms with Crippen LogP contribution in [0.4, 0.5) is 0 Å². The number of carbonyl (C=O) groups excluding carboxylic acids is 1. The molecule has 0 spiro atoms. The summed E-state index contributed by atoms with van der Waals surface area (Å²) in [7, 11) is 0. The molecule has 0 saturated heterocycles. The van der Waals surface area contributed by atoms with Crippen molar-refractivity contribution in [2.24, 2.45) is 0 Å². The van der Waals surface area contributed by atoms with Crippen LogP contribution in [0.1, 0.15) is 27.2 Å². The lowest BCUT2D eigenvalue weighted by molar-refractivity contribution is 0.0472. The molecule has 0 atom stereocenters. The summed E-state index contributed by atoms with van der Waals surface area (Å²) in [5.74, 6) is -0.544. The smallest absolute Gasteiger partial charge is 0.343 e. The highest BCUT2D eigenvalue weighted by atomic mass is 35.5. The van der Waals surface area contributed by atoms with Gasteiger partial charge in [-0.3, -0.25) is 0 Å². The zero-order valence-electron chi connectivity index (χ0n) is 13.9. The van der Waals surface area contributed by atoms with Crippen LogP contribution in [0.5, 0.6) is 0 Å². The summed E-state index contributed by atoms with van der Waals surface area (Å²) in [5, 5.41) is 5.56. The maximum atomic E-state index is 12.5. The molecule has 4 nitrogen and oxygen atoms in total. The molecule has 2 aromatic carbocycles. The van der Waals surface area contributed by atoms with Gasteiger partial charge >= 0.3 is 5.97 Å². The number of aromatic nitrogens is 2. The summed E-state index contributed by atoms with van der Waals surface area (Å²) in [6.45, 7) is 2.21. The van der Waals surface area contributed by atoms with E-state index in [0.717, 1.165) is 5.56 Å². The first kappa shape index (κ1) is 18.8. The first-order chi connectivity index (χ1) is 12.5. The highest BCUT2D eigenvalue weighted by Crippen LogP contribution is 2.24. The lowest BCUT2D eigenvalue weighted by Gasteiger charge is -2.07. The monoisotopic (exact) mass is 408 g/mol. The Balaban J connectivity index is 1.75. The Labute approximate surface area is 166 Å². The van der Waals surface area contributed by atoms with Gasteiger partial charge in [0.2, 0.25) is 0 Å². The third kappa shape index (κ3) is 4.21. The van der Waals surface area contributed by atoms with Gasteiger partial charge in [-0.15, -0.1) is 0 Å². The Bertz CT molecular complexity index is 939. The van der Waals surface area contributed by atoms with E-state index in [2.05, 4.69) is 5.10 Å². The molecule has 134 valence electrons. The maximum Gasteiger partial charge on any atom is 0.343 e. The average molecular weight is 410 g/mol. The van der Waals surface area contributed by atoms with Crippen LogP contribution in [0, 0.1) is 6.92 Å². The van der Waals surface area contributed by atoms with Crippen molar-refractivity contribution in [2.75, 3.05) is 0 Å². The molecule has 26 heavy (non-hydrogen) atoms. The molecule has 0 aliphatic heterocycles. The molecule has 3 rings (SSSR count). The van der Waals surface area contributed by atoms with Gasteiger partial charge < -0.3 is 4.74 Å². The van der Waals surface area contributed by atoms with Crippen LogP contribution in [0.3, 0.4) is 0 Å². The Morgan fingerprint density at radius 3 is 2.54 bits per heavy atom. The normalized spacial score (nSPS) is 10.8. The van der Waals surface area contributed by atoms with Gasteiger partial charge in [-0.1, -0.05) is 71.2 Å². The van der Waals surface area contributed by atoms with E-state index in [1.54, 1.807) is 29.8 Å². The standard InChI is InChI=1S/C19H15Cl3N2O2/c1-12-17(18(22)24(23-12)10-13-5-3-2-4-6-13)19(25)26-11-14-7-8-15(20)9-16(14)21/h2-9H,10-11H2,1H3. The number of carbonyl (C=O) groups is 1. The highest BCUT2D eigenvalue weighted by Gasteiger charge is 2.22. The van der Waals surface area contributed by atoms with Crippen molar-refractivity contribution in [3.05, 3.63) is 86.1 Å². The molecule has 1 aromatic heterocycles. The van der Waals surface area contributed by atoms with Crippen LogP contribution in [-0.2, 0) is 17.9 Å². The zero-order valence-corrected chi connectivity index (χ0v) is 16.1. The minimum atomic E-state index is -0.544. The van der Waals surface area contributed by atoms with Crippen molar-refractivity contribution in [1.29, 1.82) is 0 Å². The van der Waals surface area contributed by atoms with Crippen molar-refractivity contribution in [1.82, 2.24) is 9.78 Å². The van der Waals surface area contributed by atoms with Crippen LogP contribution < -0.4 is 0 Å². The number of hydrogen-bond acceptors (Lipinski definition) is 3. The topological polar surface area (TPSA) is 44.1 Å². The third-order valence-electron chi connectivity index (χ3n) is 3.82. The van der Waals surface area contributed by atoms with E-state index in [4.69, 9.17) is 39.5 Å². The lowest BCUT2D eigenvalue weighted by Crippen LogP contribution is -2.07. The SMILES string of the molecule is Cc1nn(Cc2ccccc2)c(Cl)c1C(=O)OCc1ccc(Cl)cc1Cl. The van der Waals surface area contributed by atoms with Gasteiger partial charge in [0.15, 0.2) is 0 Å². The molecular weight excluding hydrogens is 395 g/mol. The van der Waals surface area contributed by atoms with Crippen LogP contribution >= 0.6 is 34.8 Å². The van der Waals surface area contributed by atoms with Crippen molar-refractivity contribution in [2.45, 2.75) is 20.1 Å². The van der Waals surface area contributed by atoms with Crippen molar-refractivity contribution < 1.29 is 9.53 Å². The van der Waals surface area contributed by atoms with Gasteiger partial charge in [0.05, 0.1) is 12.2 Å². The van der Waals surface area contributed by atoms with Gasteiger partial charge in [0.1, 0.15) is 17.3 Å². The van der Waals surface area contributed by atoms with Crippen molar-refractivity contribution in [3.63, 3.8) is 0 Å². The van der Waals surface area contributed by atoms with Crippen LogP contribution in [0.15, 0.2) is 48.5 Å². The average Bonchev–Trinajstić information content (AvgIpc) is 2.88. The van der Waals surface area contributed by atoms with E-state index in [1.807, 2.05) is 30.3 Å². The molecule has 0 amide bonds. The molecule has 0 unspecified atom stereocenters. The largest absolute Gasteiger partial charge is 0.457 e. The first-order valence-corrected chi connectivity index (χ1v) is 8.97. The molecule has 1 heterocycles. The molecule has 0 aliphatic carbocycles. The van der Waals surface area contributed by atoms with Gasteiger partial charge in [0, 0.05) is 15.6 Å². The Morgan fingerprint density at radius 2 is 1.85 bits per heavy atom. The summed E-state index contributed by atoms with van der Waals surface area (Å²) < 4.78 is 6.94. The van der Waals surface area contributed by atoms with Crippen molar-refractivity contribution >= 4 is 40.8 Å². The molecule has 0 aliphatic rings. The van der Waals surface area contributed by atoms with E-state index in [0.29, 0.717) is 27.8 Å². The predicted octanol–water partition coefficient (Wildman–Crippen LogP) is 5.56.